The van der Waals surface area contributed by atoms with Crippen molar-refractivity contribution in [2.75, 3.05) is 13.3 Å². The van der Waals surface area contributed by atoms with Crippen LogP contribution < -0.4 is 14.8 Å². The highest BCUT2D eigenvalue weighted by atomic mass is 19.1. The smallest absolute Gasteiger partial charge is 0.231 e. The van der Waals surface area contributed by atoms with Gasteiger partial charge in [0.05, 0.1) is 5.41 Å². The van der Waals surface area contributed by atoms with Crippen molar-refractivity contribution in [3.8, 4) is 11.5 Å². The van der Waals surface area contributed by atoms with Crippen LogP contribution >= 0.6 is 0 Å². The van der Waals surface area contributed by atoms with Crippen molar-refractivity contribution in [3.63, 3.8) is 0 Å². The van der Waals surface area contributed by atoms with Crippen LogP contribution in [0.4, 0.5) is 4.39 Å². The summed E-state index contributed by atoms with van der Waals surface area (Å²) < 4.78 is 24.4. The van der Waals surface area contributed by atoms with Crippen LogP contribution in [0.15, 0.2) is 42.5 Å². The Morgan fingerprint density at radius 2 is 1.88 bits per heavy atom. The van der Waals surface area contributed by atoms with Gasteiger partial charge in [-0.2, -0.15) is 0 Å². The van der Waals surface area contributed by atoms with Gasteiger partial charge in [0, 0.05) is 6.54 Å². The zero-order valence-corrected chi connectivity index (χ0v) is 14.6. The molecule has 0 radical (unpaired) electrons. The molecule has 1 fully saturated rings. The van der Waals surface area contributed by atoms with Gasteiger partial charge in [0.25, 0.3) is 0 Å². The summed E-state index contributed by atoms with van der Waals surface area (Å²) in [6.45, 7) is 0.793. The Morgan fingerprint density at radius 3 is 2.69 bits per heavy atom. The summed E-state index contributed by atoms with van der Waals surface area (Å²) >= 11 is 0. The number of hydrogen-bond donors (Lipinski definition) is 1. The molecule has 0 bridgehead atoms. The molecule has 0 atom stereocenters. The third-order valence-corrected chi connectivity index (χ3v) is 5.41. The molecule has 26 heavy (non-hydrogen) atoms. The van der Waals surface area contributed by atoms with Crippen molar-refractivity contribution in [1.82, 2.24) is 5.32 Å². The molecular weight excluding hydrogens is 333 g/mol. The van der Waals surface area contributed by atoms with Gasteiger partial charge in [-0.1, -0.05) is 31.0 Å². The van der Waals surface area contributed by atoms with E-state index in [-0.39, 0.29) is 18.5 Å². The summed E-state index contributed by atoms with van der Waals surface area (Å²) in [6.07, 6.45) is 4.23. The van der Waals surface area contributed by atoms with E-state index in [2.05, 4.69) is 5.32 Å². The molecule has 5 heteroatoms. The lowest BCUT2D eigenvalue weighted by Crippen LogP contribution is -2.43. The van der Waals surface area contributed by atoms with E-state index in [0.29, 0.717) is 13.0 Å². The van der Waals surface area contributed by atoms with Crippen molar-refractivity contribution in [1.29, 1.82) is 0 Å². The Balaban J connectivity index is 1.43. The first-order chi connectivity index (χ1) is 12.7. The number of amides is 1. The molecule has 0 unspecified atom stereocenters. The first-order valence-electron chi connectivity index (χ1n) is 9.10. The van der Waals surface area contributed by atoms with Crippen LogP contribution in [-0.4, -0.2) is 19.2 Å². The van der Waals surface area contributed by atoms with Gasteiger partial charge < -0.3 is 14.8 Å². The summed E-state index contributed by atoms with van der Waals surface area (Å²) in [7, 11) is 0. The third-order valence-electron chi connectivity index (χ3n) is 5.41. The van der Waals surface area contributed by atoms with E-state index in [9.17, 15) is 9.18 Å². The molecule has 2 aromatic carbocycles. The van der Waals surface area contributed by atoms with Crippen LogP contribution in [-0.2, 0) is 16.6 Å². The molecule has 1 aliphatic carbocycles. The van der Waals surface area contributed by atoms with E-state index in [4.69, 9.17) is 9.47 Å². The minimum atomic E-state index is -0.600. The minimum Gasteiger partial charge on any atom is -0.454 e. The lowest BCUT2D eigenvalue weighted by atomic mass is 9.78. The number of benzene rings is 2. The molecule has 1 aliphatic heterocycles. The van der Waals surface area contributed by atoms with Gasteiger partial charge in [0.15, 0.2) is 11.5 Å². The number of nitrogens with one attached hydrogen (secondary N) is 1. The molecular formula is C21H22FNO3. The van der Waals surface area contributed by atoms with Gasteiger partial charge in [-0.3, -0.25) is 4.79 Å². The lowest BCUT2D eigenvalue weighted by molar-refractivity contribution is -0.126. The number of halogens is 1. The van der Waals surface area contributed by atoms with Gasteiger partial charge in [0.2, 0.25) is 12.7 Å². The standard InChI is InChI=1S/C21H22FNO3/c22-17-5-3-4-16(13-17)21(9-1-2-10-21)20(24)23-11-8-15-6-7-18-19(12-15)26-14-25-18/h3-7,12-13H,1-2,8-11,14H2,(H,23,24). The Morgan fingerprint density at radius 1 is 1.08 bits per heavy atom. The topological polar surface area (TPSA) is 47.6 Å². The number of carbonyl (C=O) groups excluding carboxylic acids is 1. The second-order valence-corrected chi connectivity index (χ2v) is 6.99. The molecule has 2 aromatic rings. The van der Waals surface area contributed by atoms with Crippen LogP contribution in [0.2, 0.25) is 0 Å². The van der Waals surface area contributed by atoms with Gasteiger partial charge in [-0.25, -0.2) is 4.39 Å². The van der Waals surface area contributed by atoms with Crippen molar-refractivity contribution in [2.24, 2.45) is 0 Å². The van der Waals surface area contributed by atoms with Gasteiger partial charge in [-0.05, 0) is 54.7 Å². The molecule has 4 rings (SSSR count). The Labute approximate surface area is 152 Å². The van der Waals surface area contributed by atoms with Gasteiger partial charge >= 0.3 is 0 Å². The number of rotatable bonds is 5. The largest absolute Gasteiger partial charge is 0.454 e. The first-order valence-corrected chi connectivity index (χ1v) is 9.10. The van der Waals surface area contributed by atoms with Crippen molar-refractivity contribution >= 4 is 5.91 Å². The van der Waals surface area contributed by atoms with Crippen molar-refractivity contribution in [3.05, 3.63) is 59.4 Å². The van der Waals surface area contributed by atoms with Crippen LogP contribution in [0, 0.1) is 5.82 Å². The van der Waals surface area contributed by atoms with Gasteiger partial charge in [0.1, 0.15) is 5.82 Å². The van der Waals surface area contributed by atoms with E-state index in [1.54, 1.807) is 6.07 Å². The fourth-order valence-electron chi connectivity index (χ4n) is 4.00. The zero-order valence-electron chi connectivity index (χ0n) is 14.6. The Hall–Kier alpha value is -2.56. The monoisotopic (exact) mass is 355 g/mol. The molecule has 4 nitrogen and oxygen atoms in total. The summed E-state index contributed by atoms with van der Waals surface area (Å²) in [5, 5.41) is 3.07. The van der Waals surface area contributed by atoms with Crippen LogP contribution in [0.3, 0.4) is 0 Å². The molecule has 1 heterocycles. The fraction of sp³-hybridized carbons (Fsp3) is 0.381. The van der Waals surface area contributed by atoms with E-state index in [1.807, 2.05) is 24.3 Å². The summed E-state index contributed by atoms with van der Waals surface area (Å²) in [4.78, 5) is 13.0. The highest BCUT2D eigenvalue weighted by Gasteiger charge is 2.42. The second-order valence-electron chi connectivity index (χ2n) is 6.99. The molecule has 0 saturated heterocycles. The molecule has 1 saturated carbocycles. The zero-order chi connectivity index (χ0) is 18.0. The Bertz CT molecular complexity index is 815. The maximum atomic E-state index is 13.7. The maximum Gasteiger partial charge on any atom is 0.231 e. The number of hydrogen-bond acceptors (Lipinski definition) is 3. The minimum absolute atomic E-state index is 0.00124. The molecule has 0 spiro atoms. The molecule has 1 amide bonds. The SMILES string of the molecule is O=C(NCCc1ccc2c(c1)OCO2)C1(c2cccc(F)c2)CCCC1. The number of ether oxygens (including phenoxy) is 2. The highest BCUT2D eigenvalue weighted by Crippen LogP contribution is 2.41. The van der Waals surface area contributed by atoms with E-state index in [0.717, 1.165) is 48.3 Å². The van der Waals surface area contributed by atoms with Crippen molar-refractivity contribution < 1.29 is 18.7 Å². The third kappa shape index (κ3) is 3.14. The van der Waals surface area contributed by atoms with Crippen LogP contribution in [0.25, 0.3) is 0 Å². The van der Waals surface area contributed by atoms with E-state index in [1.165, 1.54) is 12.1 Å². The normalized spacial score (nSPS) is 17.3. The summed E-state index contributed by atoms with van der Waals surface area (Å²) in [5.74, 6) is 1.22. The number of fused-ring (bicyclic) bond motifs is 1. The second kappa shape index (κ2) is 6.98. The van der Waals surface area contributed by atoms with E-state index < -0.39 is 5.41 Å². The first kappa shape index (κ1) is 16.9. The molecule has 1 N–H and O–H groups in total. The van der Waals surface area contributed by atoms with Crippen molar-refractivity contribution in [2.45, 2.75) is 37.5 Å². The molecule has 136 valence electrons. The fourth-order valence-corrected chi connectivity index (χ4v) is 4.00. The summed E-state index contributed by atoms with van der Waals surface area (Å²) in [6, 6.07) is 12.3. The molecule has 2 aliphatic rings. The number of carbonyl (C=O) groups is 1. The maximum absolute atomic E-state index is 13.7. The highest BCUT2D eigenvalue weighted by molar-refractivity contribution is 5.88. The van der Waals surface area contributed by atoms with Crippen LogP contribution in [0.5, 0.6) is 11.5 Å². The molecule has 0 aromatic heterocycles. The lowest BCUT2D eigenvalue weighted by Gasteiger charge is -2.28. The predicted octanol–water partition coefficient (Wildman–Crippen LogP) is 3.73. The van der Waals surface area contributed by atoms with E-state index >= 15 is 0 Å². The predicted molar refractivity (Wildman–Crippen MR) is 95.8 cm³/mol. The average molecular weight is 355 g/mol. The Kier molecular flexibility index (Phi) is 4.53. The van der Waals surface area contributed by atoms with Gasteiger partial charge in [-0.15, -0.1) is 0 Å². The summed E-state index contributed by atoms with van der Waals surface area (Å²) in [5.41, 5.74) is 1.27. The van der Waals surface area contributed by atoms with Crippen LogP contribution in [0.1, 0.15) is 36.8 Å². The quantitative estimate of drug-likeness (QED) is 0.889. The average Bonchev–Trinajstić information content (AvgIpc) is 3.31.